The van der Waals surface area contributed by atoms with Crippen LogP contribution in [-0.4, -0.2) is 27.7 Å². The molecule has 0 radical (unpaired) electrons. The molecule has 1 heterocycles. The first kappa shape index (κ1) is 17.9. The van der Waals surface area contributed by atoms with Crippen molar-refractivity contribution in [1.29, 1.82) is 0 Å². The quantitative estimate of drug-likeness (QED) is 0.575. The number of nitrogens with zero attached hydrogens (tertiary/aromatic N) is 3. The molecule has 1 aromatic carbocycles. The molecule has 1 fully saturated rings. The number of hydrogen-bond donors (Lipinski definition) is 1. The van der Waals surface area contributed by atoms with Crippen LogP contribution >= 0.6 is 12.2 Å². The number of nitrogens with one attached hydrogen (secondary N) is 1. The Hall–Kier alpha value is -1.95. The Bertz CT molecular complexity index is 759. The molecule has 0 aliphatic heterocycles. The van der Waals surface area contributed by atoms with E-state index in [0.717, 1.165) is 35.9 Å². The Morgan fingerprint density at radius 1 is 1.32 bits per heavy atom. The molecule has 1 aliphatic rings. The molecule has 0 spiro atoms. The molecule has 2 aromatic rings. The predicted molar refractivity (Wildman–Crippen MR) is 103 cm³/mol. The van der Waals surface area contributed by atoms with Crippen LogP contribution in [0.3, 0.4) is 0 Å². The fraction of sp³-hybridized carbons (Fsp3) is 0.526. The van der Waals surface area contributed by atoms with E-state index in [1.165, 1.54) is 32.1 Å². The molecule has 25 heavy (non-hydrogen) atoms. The molecule has 0 bridgehead atoms. The molecule has 5 nitrogen and oxygen atoms in total. The predicted octanol–water partition coefficient (Wildman–Crippen LogP) is 4.73. The number of aromatic nitrogens is 3. The van der Waals surface area contributed by atoms with Crippen LogP contribution < -0.4 is 4.74 Å². The summed E-state index contributed by atoms with van der Waals surface area (Å²) in [6.07, 6.45) is 10.7. The van der Waals surface area contributed by atoms with Crippen molar-refractivity contribution in [2.75, 3.05) is 6.61 Å². The van der Waals surface area contributed by atoms with Crippen LogP contribution in [0.2, 0.25) is 0 Å². The van der Waals surface area contributed by atoms with Gasteiger partial charge in [0.25, 0.3) is 0 Å². The number of para-hydroxylation sites is 1. The largest absolute Gasteiger partial charge is 0.493 e. The maximum Gasteiger partial charge on any atom is 0.216 e. The third kappa shape index (κ3) is 4.78. The van der Waals surface area contributed by atoms with E-state index in [9.17, 15) is 0 Å². The summed E-state index contributed by atoms with van der Waals surface area (Å²) < 4.78 is 7.91. The van der Waals surface area contributed by atoms with E-state index in [1.807, 2.05) is 31.2 Å². The molecule has 1 aliphatic carbocycles. The summed E-state index contributed by atoms with van der Waals surface area (Å²) in [7, 11) is 0. The van der Waals surface area contributed by atoms with E-state index in [4.69, 9.17) is 17.0 Å². The monoisotopic (exact) mass is 358 g/mol. The van der Waals surface area contributed by atoms with Gasteiger partial charge >= 0.3 is 0 Å². The zero-order valence-corrected chi connectivity index (χ0v) is 15.6. The van der Waals surface area contributed by atoms with Gasteiger partial charge in [0.15, 0.2) is 5.82 Å². The van der Waals surface area contributed by atoms with Gasteiger partial charge < -0.3 is 4.74 Å². The minimum absolute atomic E-state index is 0.531. The second kappa shape index (κ2) is 8.94. The molecule has 0 atom stereocenters. The third-order valence-corrected chi connectivity index (χ3v) is 5.01. The molecule has 1 N–H and O–H groups in total. The normalized spacial score (nSPS) is 15.7. The topological polar surface area (TPSA) is 55.2 Å². The maximum atomic E-state index is 5.64. The molecular weight excluding hydrogens is 332 g/mol. The van der Waals surface area contributed by atoms with E-state index in [-0.39, 0.29) is 0 Å². The van der Waals surface area contributed by atoms with E-state index >= 15 is 0 Å². The fourth-order valence-electron chi connectivity index (χ4n) is 3.41. The number of rotatable bonds is 7. The number of aromatic amines is 1. The Morgan fingerprint density at radius 2 is 2.12 bits per heavy atom. The molecule has 6 heteroatoms. The third-order valence-electron chi connectivity index (χ3n) is 4.75. The summed E-state index contributed by atoms with van der Waals surface area (Å²) in [5.74, 6) is 2.54. The highest BCUT2D eigenvalue weighted by Crippen LogP contribution is 2.27. The first-order valence-corrected chi connectivity index (χ1v) is 9.61. The average Bonchev–Trinajstić information content (AvgIpc) is 3.00. The first-order chi connectivity index (χ1) is 12.3. The van der Waals surface area contributed by atoms with E-state index in [0.29, 0.717) is 11.4 Å². The minimum Gasteiger partial charge on any atom is -0.493 e. The maximum absolute atomic E-state index is 5.64. The lowest BCUT2D eigenvalue weighted by molar-refractivity contribution is 0.336. The van der Waals surface area contributed by atoms with Crippen LogP contribution in [0.1, 0.15) is 56.8 Å². The molecule has 0 unspecified atom stereocenters. The molecule has 3 rings (SSSR count). The highest BCUT2D eigenvalue weighted by Gasteiger charge is 2.15. The zero-order chi connectivity index (χ0) is 17.5. The lowest BCUT2D eigenvalue weighted by Crippen LogP contribution is -2.09. The van der Waals surface area contributed by atoms with Gasteiger partial charge in [0.2, 0.25) is 4.77 Å². The molecule has 1 aromatic heterocycles. The van der Waals surface area contributed by atoms with Crippen molar-refractivity contribution < 1.29 is 4.74 Å². The standard InChI is InChI=1S/C19H26N4OS/c1-2-24-17-11-7-6-10-16(17)14-20-23-18(21-22-19(23)25)13-12-15-8-4-3-5-9-15/h6-7,10-11,14-15H,2-5,8-9,12-13H2,1H3,(H,22,25)/b20-14-. The van der Waals surface area contributed by atoms with Crippen LogP contribution in [0.5, 0.6) is 5.75 Å². The van der Waals surface area contributed by atoms with Gasteiger partial charge in [-0.05, 0) is 43.6 Å². The van der Waals surface area contributed by atoms with Crippen molar-refractivity contribution in [3.05, 3.63) is 40.4 Å². The summed E-state index contributed by atoms with van der Waals surface area (Å²) in [4.78, 5) is 0. The zero-order valence-electron chi connectivity index (χ0n) is 14.8. The molecule has 0 amide bonds. The second-order valence-electron chi connectivity index (χ2n) is 6.51. The van der Waals surface area contributed by atoms with Gasteiger partial charge in [-0.25, -0.2) is 0 Å². The fourth-order valence-corrected chi connectivity index (χ4v) is 3.61. The van der Waals surface area contributed by atoms with Crippen molar-refractivity contribution >= 4 is 18.4 Å². The van der Waals surface area contributed by atoms with E-state index in [2.05, 4.69) is 15.3 Å². The van der Waals surface area contributed by atoms with Gasteiger partial charge in [0, 0.05) is 12.0 Å². The van der Waals surface area contributed by atoms with Crippen LogP contribution in [0, 0.1) is 10.7 Å². The average molecular weight is 359 g/mol. The molecule has 134 valence electrons. The van der Waals surface area contributed by atoms with Gasteiger partial charge in [-0.1, -0.05) is 44.2 Å². The SMILES string of the molecule is CCOc1ccccc1/C=N\n1c(CCC2CCCCC2)n[nH]c1=S. The van der Waals surface area contributed by atoms with Crippen molar-refractivity contribution in [3.8, 4) is 5.75 Å². The Morgan fingerprint density at radius 3 is 2.92 bits per heavy atom. The van der Waals surface area contributed by atoms with Crippen LogP contribution in [-0.2, 0) is 6.42 Å². The smallest absolute Gasteiger partial charge is 0.216 e. The summed E-state index contributed by atoms with van der Waals surface area (Å²) in [6, 6.07) is 7.87. The summed E-state index contributed by atoms with van der Waals surface area (Å²) in [6.45, 7) is 2.60. The number of ether oxygens (including phenoxy) is 1. The summed E-state index contributed by atoms with van der Waals surface area (Å²) >= 11 is 5.34. The van der Waals surface area contributed by atoms with E-state index in [1.54, 1.807) is 10.9 Å². The van der Waals surface area contributed by atoms with Crippen LogP contribution in [0.4, 0.5) is 0 Å². The van der Waals surface area contributed by atoms with Gasteiger partial charge in [-0.15, -0.1) is 0 Å². The first-order valence-electron chi connectivity index (χ1n) is 9.20. The van der Waals surface area contributed by atoms with Crippen molar-refractivity contribution in [3.63, 3.8) is 0 Å². The highest BCUT2D eigenvalue weighted by molar-refractivity contribution is 7.71. The van der Waals surface area contributed by atoms with Crippen molar-refractivity contribution in [2.24, 2.45) is 11.0 Å². The highest BCUT2D eigenvalue weighted by atomic mass is 32.1. The van der Waals surface area contributed by atoms with E-state index < -0.39 is 0 Å². The Balaban J connectivity index is 1.72. The molecule has 1 saturated carbocycles. The van der Waals surface area contributed by atoms with Gasteiger partial charge in [0.05, 0.1) is 12.8 Å². The van der Waals surface area contributed by atoms with Crippen molar-refractivity contribution in [2.45, 2.75) is 51.9 Å². The van der Waals surface area contributed by atoms with Gasteiger partial charge in [-0.2, -0.15) is 14.9 Å². The van der Waals surface area contributed by atoms with Crippen LogP contribution in [0.25, 0.3) is 0 Å². The lowest BCUT2D eigenvalue weighted by Gasteiger charge is -2.20. The Kier molecular flexibility index (Phi) is 6.39. The van der Waals surface area contributed by atoms with Crippen LogP contribution in [0.15, 0.2) is 29.4 Å². The lowest BCUT2D eigenvalue weighted by atomic mass is 9.86. The summed E-state index contributed by atoms with van der Waals surface area (Å²) in [5.41, 5.74) is 0.936. The minimum atomic E-state index is 0.531. The molecular formula is C19H26N4OS. The Labute approximate surface area is 154 Å². The number of benzene rings is 1. The summed E-state index contributed by atoms with van der Waals surface area (Å²) in [5, 5.41) is 11.8. The number of H-pyrrole nitrogens is 1. The van der Waals surface area contributed by atoms with Crippen molar-refractivity contribution in [1.82, 2.24) is 14.9 Å². The van der Waals surface area contributed by atoms with Gasteiger partial charge in [-0.3, -0.25) is 5.10 Å². The number of aryl methyl sites for hydroxylation is 1. The molecule has 0 saturated heterocycles. The second-order valence-corrected chi connectivity index (χ2v) is 6.90. The number of hydrogen-bond acceptors (Lipinski definition) is 4. The van der Waals surface area contributed by atoms with Gasteiger partial charge in [0.1, 0.15) is 5.75 Å².